The van der Waals surface area contributed by atoms with Crippen LogP contribution in [0, 0.1) is 6.92 Å². The molecular formula is C13H17NO4. The average Bonchev–Trinajstić information content (AvgIpc) is 2.34. The summed E-state index contributed by atoms with van der Waals surface area (Å²) in [7, 11) is 1.20. The first-order chi connectivity index (χ1) is 8.45. The normalized spacial score (nSPS) is 13.6. The van der Waals surface area contributed by atoms with Gasteiger partial charge in [0.1, 0.15) is 0 Å². The van der Waals surface area contributed by atoms with Crippen LogP contribution in [0.3, 0.4) is 0 Å². The van der Waals surface area contributed by atoms with Crippen LogP contribution in [0.2, 0.25) is 0 Å². The monoisotopic (exact) mass is 251 g/mol. The highest BCUT2D eigenvalue weighted by Crippen LogP contribution is 2.05. The molecule has 0 heterocycles. The lowest BCUT2D eigenvalue weighted by atomic mass is 10.1. The van der Waals surface area contributed by atoms with E-state index < -0.39 is 24.0 Å². The van der Waals surface area contributed by atoms with Gasteiger partial charge in [-0.1, -0.05) is 17.7 Å². The van der Waals surface area contributed by atoms with Gasteiger partial charge in [0.05, 0.1) is 13.2 Å². The smallest absolute Gasteiger partial charge is 0.331 e. The molecular weight excluding hydrogens is 234 g/mol. The number of aryl methyl sites for hydroxylation is 1. The molecule has 1 aromatic rings. The first kappa shape index (κ1) is 14.2. The van der Waals surface area contributed by atoms with Crippen molar-refractivity contribution in [1.82, 2.24) is 5.32 Å². The SMILES string of the molecule is COC(=O)C(NC(=O)c1cccc(C)c1)C(C)O. The van der Waals surface area contributed by atoms with Gasteiger partial charge >= 0.3 is 5.97 Å². The van der Waals surface area contributed by atoms with Crippen LogP contribution in [0.1, 0.15) is 22.8 Å². The van der Waals surface area contributed by atoms with Crippen molar-refractivity contribution in [2.24, 2.45) is 0 Å². The summed E-state index contributed by atoms with van der Waals surface area (Å²) in [5.74, 6) is -1.10. The van der Waals surface area contributed by atoms with E-state index in [9.17, 15) is 14.7 Å². The molecule has 18 heavy (non-hydrogen) atoms. The predicted octanol–water partition coefficient (Wildman–Crippen LogP) is 0.647. The molecule has 2 N–H and O–H groups in total. The fraction of sp³-hybridized carbons (Fsp3) is 0.385. The van der Waals surface area contributed by atoms with Crippen LogP contribution >= 0.6 is 0 Å². The number of nitrogens with one attached hydrogen (secondary N) is 1. The minimum atomic E-state index is -1.07. The quantitative estimate of drug-likeness (QED) is 0.770. The van der Waals surface area contributed by atoms with Crippen molar-refractivity contribution in [1.29, 1.82) is 0 Å². The van der Waals surface area contributed by atoms with Crippen LogP contribution in [0.25, 0.3) is 0 Å². The Morgan fingerprint density at radius 3 is 2.56 bits per heavy atom. The number of carbonyl (C=O) groups excluding carboxylic acids is 2. The molecule has 0 aliphatic rings. The van der Waals surface area contributed by atoms with E-state index in [1.165, 1.54) is 14.0 Å². The van der Waals surface area contributed by atoms with Crippen molar-refractivity contribution in [2.45, 2.75) is 26.0 Å². The summed E-state index contributed by atoms with van der Waals surface area (Å²) in [6, 6.07) is 5.89. The predicted molar refractivity (Wildman–Crippen MR) is 66.1 cm³/mol. The fourth-order valence-corrected chi connectivity index (χ4v) is 1.51. The molecule has 2 atom stereocenters. The number of esters is 1. The number of ether oxygens (including phenoxy) is 1. The second kappa shape index (κ2) is 6.16. The maximum atomic E-state index is 11.9. The van der Waals surface area contributed by atoms with E-state index in [0.717, 1.165) is 5.56 Å². The molecule has 0 spiro atoms. The van der Waals surface area contributed by atoms with Crippen molar-refractivity contribution in [3.63, 3.8) is 0 Å². The fourth-order valence-electron chi connectivity index (χ4n) is 1.51. The highest BCUT2D eigenvalue weighted by Gasteiger charge is 2.26. The van der Waals surface area contributed by atoms with Crippen LogP contribution in [-0.2, 0) is 9.53 Å². The van der Waals surface area contributed by atoms with E-state index in [0.29, 0.717) is 5.56 Å². The molecule has 0 fully saturated rings. The molecule has 0 saturated heterocycles. The van der Waals surface area contributed by atoms with E-state index in [4.69, 9.17) is 0 Å². The van der Waals surface area contributed by atoms with Crippen molar-refractivity contribution < 1.29 is 19.4 Å². The average molecular weight is 251 g/mol. The summed E-state index contributed by atoms with van der Waals surface area (Å²) in [5, 5.41) is 11.9. The van der Waals surface area contributed by atoms with Gasteiger partial charge in [-0.2, -0.15) is 0 Å². The Bertz CT molecular complexity index is 442. The number of hydrogen-bond acceptors (Lipinski definition) is 4. The van der Waals surface area contributed by atoms with E-state index in [1.54, 1.807) is 18.2 Å². The summed E-state index contributed by atoms with van der Waals surface area (Å²) in [6.45, 7) is 3.28. The second-order valence-corrected chi connectivity index (χ2v) is 4.08. The summed E-state index contributed by atoms with van der Waals surface area (Å²) >= 11 is 0. The Balaban J connectivity index is 2.82. The van der Waals surface area contributed by atoms with Gasteiger partial charge in [0.25, 0.3) is 5.91 Å². The van der Waals surface area contributed by atoms with E-state index >= 15 is 0 Å². The molecule has 0 aliphatic heterocycles. The lowest BCUT2D eigenvalue weighted by Gasteiger charge is -2.18. The van der Waals surface area contributed by atoms with Crippen molar-refractivity contribution in [3.8, 4) is 0 Å². The molecule has 0 aromatic heterocycles. The zero-order valence-corrected chi connectivity index (χ0v) is 10.6. The third-order valence-corrected chi connectivity index (χ3v) is 2.50. The highest BCUT2D eigenvalue weighted by atomic mass is 16.5. The Kier molecular flexibility index (Phi) is 4.85. The van der Waals surface area contributed by atoms with E-state index in [2.05, 4.69) is 10.1 Å². The summed E-state index contributed by atoms with van der Waals surface area (Å²) in [6.07, 6.45) is -1.02. The molecule has 98 valence electrons. The molecule has 0 radical (unpaired) electrons. The number of hydrogen-bond donors (Lipinski definition) is 2. The van der Waals surface area contributed by atoms with Crippen LogP contribution in [0.15, 0.2) is 24.3 Å². The maximum absolute atomic E-state index is 11.9. The third-order valence-electron chi connectivity index (χ3n) is 2.50. The standard InChI is InChI=1S/C13H17NO4/c1-8-5-4-6-10(7-8)12(16)14-11(9(2)15)13(17)18-3/h4-7,9,11,15H,1-3H3,(H,14,16). The molecule has 2 unspecified atom stereocenters. The minimum absolute atomic E-state index is 0.421. The van der Waals surface area contributed by atoms with Crippen molar-refractivity contribution >= 4 is 11.9 Å². The lowest BCUT2D eigenvalue weighted by Crippen LogP contribution is -2.48. The largest absolute Gasteiger partial charge is 0.467 e. The van der Waals surface area contributed by atoms with Gasteiger partial charge in [-0.15, -0.1) is 0 Å². The number of carbonyl (C=O) groups is 2. The summed E-state index contributed by atoms with van der Waals surface area (Å²) in [5.41, 5.74) is 1.37. The molecule has 1 amide bonds. The van der Waals surface area contributed by atoms with E-state index in [-0.39, 0.29) is 0 Å². The van der Waals surface area contributed by atoms with Gasteiger partial charge in [0.2, 0.25) is 0 Å². The highest BCUT2D eigenvalue weighted by molar-refractivity contribution is 5.97. The van der Waals surface area contributed by atoms with Crippen molar-refractivity contribution in [3.05, 3.63) is 35.4 Å². The molecule has 0 saturated carbocycles. The first-order valence-corrected chi connectivity index (χ1v) is 5.59. The molecule has 1 aromatic carbocycles. The Labute approximate surface area is 106 Å². The molecule has 0 aliphatic carbocycles. The van der Waals surface area contributed by atoms with Gasteiger partial charge in [0.15, 0.2) is 6.04 Å². The number of amides is 1. The van der Waals surface area contributed by atoms with Gasteiger partial charge in [-0.05, 0) is 26.0 Å². The maximum Gasteiger partial charge on any atom is 0.331 e. The van der Waals surface area contributed by atoms with Gasteiger partial charge in [-0.3, -0.25) is 4.79 Å². The molecule has 5 nitrogen and oxygen atoms in total. The second-order valence-electron chi connectivity index (χ2n) is 4.08. The van der Waals surface area contributed by atoms with E-state index in [1.807, 2.05) is 13.0 Å². The van der Waals surface area contributed by atoms with Gasteiger partial charge in [0, 0.05) is 5.56 Å². The van der Waals surface area contributed by atoms with Gasteiger partial charge in [-0.25, -0.2) is 4.79 Å². The van der Waals surface area contributed by atoms with Crippen molar-refractivity contribution in [2.75, 3.05) is 7.11 Å². The van der Waals surface area contributed by atoms with Crippen LogP contribution in [-0.4, -0.2) is 36.2 Å². The Hall–Kier alpha value is -1.88. The number of aliphatic hydroxyl groups is 1. The number of methoxy groups -OCH3 is 1. The van der Waals surface area contributed by atoms with Gasteiger partial charge < -0.3 is 15.2 Å². The number of aliphatic hydroxyl groups excluding tert-OH is 1. The topological polar surface area (TPSA) is 75.6 Å². The van der Waals surface area contributed by atoms with Crippen LogP contribution in [0.5, 0.6) is 0 Å². The van der Waals surface area contributed by atoms with Crippen LogP contribution in [0.4, 0.5) is 0 Å². The molecule has 0 bridgehead atoms. The Morgan fingerprint density at radius 1 is 1.39 bits per heavy atom. The number of benzene rings is 1. The van der Waals surface area contributed by atoms with Crippen LogP contribution < -0.4 is 5.32 Å². The number of rotatable bonds is 4. The zero-order valence-electron chi connectivity index (χ0n) is 10.6. The first-order valence-electron chi connectivity index (χ1n) is 5.59. The minimum Gasteiger partial charge on any atom is -0.467 e. The lowest BCUT2D eigenvalue weighted by molar-refractivity contribution is -0.145. The summed E-state index contributed by atoms with van der Waals surface area (Å²) in [4.78, 5) is 23.3. The zero-order chi connectivity index (χ0) is 13.7. The molecule has 5 heteroatoms. The summed E-state index contributed by atoms with van der Waals surface area (Å²) < 4.78 is 4.52. The third kappa shape index (κ3) is 3.56. The Morgan fingerprint density at radius 2 is 2.06 bits per heavy atom. The molecule has 1 rings (SSSR count).